The Morgan fingerprint density at radius 3 is 0.918 bits per heavy atom. The van der Waals surface area contributed by atoms with Crippen molar-refractivity contribution in [1.29, 1.82) is 0 Å². The number of aromatic nitrogens is 2. The van der Waals surface area contributed by atoms with E-state index in [2.05, 4.69) is 218 Å². The second kappa shape index (κ2) is 15.6. The number of rotatable bonds is 8. The highest BCUT2D eigenvalue weighted by molar-refractivity contribution is 6.10. The first-order valence-corrected chi connectivity index (χ1v) is 20.6. The zero-order chi connectivity index (χ0) is 40.5. The summed E-state index contributed by atoms with van der Waals surface area (Å²) in [6.07, 6.45) is 0. The van der Waals surface area contributed by atoms with Crippen LogP contribution in [0, 0.1) is 0 Å². The highest BCUT2D eigenvalue weighted by Gasteiger charge is 2.22. The predicted octanol–water partition coefficient (Wildman–Crippen LogP) is 15.7. The van der Waals surface area contributed by atoms with Crippen LogP contribution in [0.15, 0.2) is 235 Å². The monoisotopic (exact) mass is 778 g/mol. The summed E-state index contributed by atoms with van der Waals surface area (Å²) in [6.45, 7) is 0. The van der Waals surface area contributed by atoms with Crippen molar-refractivity contribution < 1.29 is 4.42 Å². The van der Waals surface area contributed by atoms with E-state index in [-0.39, 0.29) is 0 Å². The second-order valence-corrected chi connectivity index (χ2v) is 15.3. The van der Waals surface area contributed by atoms with Crippen molar-refractivity contribution in [2.24, 2.45) is 0 Å². The van der Waals surface area contributed by atoms with Gasteiger partial charge in [0.15, 0.2) is 0 Å². The summed E-state index contributed by atoms with van der Waals surface area (Å²) in [5, 5.41) is 2.08. The first-order chi connectivity index (χ1) is 30.2. The molecule has 0 amide bonds. The Bertz CT molecular complexity index is 2960. The van der Waals surface area contributed by atoms with Gasteiger partial charge in [0.1, 0.15) is 11.2 Å². The minimum atomic E-state index is 0.830. The maximum absolute atomic E-state index is 6.62. The number of hydrogen-bond donors (Lipinski definition) is 0. The molecule has 0 atom stereocenters. The van der Waals surface area contributed by atoms with Gasteiger partial charge in [-0.25, -0.2) is 9.97 Å². The van der Waals surface area contributed by atoms with Gasteiger partial charge >= 0.3 is 0 Å². The van der Waals surface area contributed by atoms with Crippen molar-refractivity contribution >= 4 is 21.9 Å². The number of benzene rings is 8. The summed E-state index contributed by atoms with van der Waals surface area (Å²) < 4.78 is 6.62. The van der Waals surface area contributed by atoms with Gasteiger partial charge in [-0.15, -0.1) is 0 Å². The van der Waals surface area contributed by atoms with Crippen molar-refractivity contribution in [2.45, 2.75) is 0 Å². The van der Waals surface area contributed by atoms with E-state index < -0.39 is 0 Å². The third-order valence-electron chi connectivity index (χ3n) is 11.5. The van der Waals surface area contributed by atoms with Crippen LogP contribution in [0.5, 0.6) is 0 Å². The molecule has 0 N–H and O–H groups in total. The number of pyridine rings is 2. The molecule has 8 aromatic carbocycles. The molecule has 3 aromatic heterocycles. The first-order valence-electron chi connectivity index (χ1n) is 20.6. The minimum Gasteiger partial charge on any atom is -0.456 e. The maximum atomic E-state index is 6.62. The van der Waals surface area contributed by atoms with Gasteiger partial charge in [0, 0.05) is 44.2 Å². The molecule has 0 saturated heterocycles. The van der Waals surface area contributed by atoms with E-state index in [9.17, 15) is 0 Å². The zero-order valence-corrected chi connectivity index (χ0v) is 33.2. The van der Waals surface area contributed by atoms with E-state index in [1.165, 1.54) is 0 Å². The molecule has 61 heavy (non-hydrogen) atoms. The number of nitrogens with zero attached hydrogens (tertiary/aromatic N) is 2. The molecule has 0 radical (unpaired) electrons. The van der Waals surface area contributed by atoms with Gasteiger partial charge in [-0.2, -0.15) is 0 Å². The third-order valence-corrected chi connectivity index (χ3v) is 11.5. The molecule has 11 rings (SSSR count). The molecular weight excluding hydrogens is 741 g/mol. The molecule has 0 saturated carbocycles. The molecule has 0 spiro atoms. The Morgan fingerprint density at radius 2 is 0.574 bits per heavy atom. The Labute approximate surface area is 354 Å². The van der Waals surface area contributed by atoms with Gasteiger partial charge in [0.2, 0.25) is 0 Å². The topological polar surface area (TPSA) is 38.9 Å². The summed E-state index contributed by atoms with van der Waals surface area (Å²) in [7, 11) is 0. The van der Waals surface area contributed by atoms with Crippen LogP contribution >= 0.6 is 0 Å². The SMILES string of the molecule is c1ccc(-c2cc(-c3ccccc3)c(-c3ccc4oc5ccc(-c6c(-c7ccccc7)cc(-c7ccccc7)nc6-c6ccccc6)cc5c4c3)c(-c3ccccc3)n2)cc1. The molecular formula is C58H38N2O. The summed E-state index contributed by atoms with van der Waals surface area (Å²) in [6, 6.07) is 80.9. The Balaban J connectivity index is 1.16. The average Bonchev–Trinajstić information content (AvgIpc) is 3.72. The summed E-state index contributed by atoms with van der Waals surface area (Å²) in [5.74, 6) is 0. The third kappa shape index (κ3) is 6.78. The van der Waals surface area contributed by atoms with E-state index >= 15 is 0 Å². The largest absolute Gasteiger partial charge is 0.456 e. The highest BCUT2D eigenvalue weighted by Crippen LogP contribution is 2.46. The maximum Gasteiger partial charge on any atom is 0.135 e. The highest BCUT2D eigenvalue weighted by atomic mass is 16.3. The van der Waals surface area contributed by atoms with Gasteiger partial charge in [0.25, 0.3) is 0 Å². The van der Waals surface area contributed by atoms with E-state index in [0.717, 1.165) is 111 Å². The predicted molar refractivity (Wildman–Crippen MR) is 253 cm³/mol. The molecule has 0 aliphatic heterocycles. The second-order valence-electron chi connectivity index (χ2n) is 15.3. The standard InChI is InChI=1S/C58H38N2O/c1-7-19-39(20-8-1)47-37-51(41-23-11-3-12-24-41)59-57(43-27-15-5-16-28-43)55(47)45-31-33-53-49(35-45)50-36-46(32-34-54(50)61-53)56-48(40-21-9-2-10-22-40)38-52(42-25-13-4-14-26-42)60-58(56)44-29-17-6-18-30-44/h1-38H. The van der Waals surface area contributed by atoms with Crippen molar-refractivity contribution in [3.63, 3.8) is 0 Å². The van der Waals surface area contributed by atoms with E-state index in [0.29, 0.717) is 0 Å². The summed E-state index contributed by atoms with van der Waals surface area (Å²) in [4.78, 5) is 10.9. The number of hydrogen-bond acceptors (Lipinski definition) is 3. The summed E-state index contributed by atoms with van der Waals surface area (Å²) in [5.41, 5.74) is 18.4. The van der Waals surface area contributed by atoms with Crippen LogP contribution in [0.25, 0.3) is 111 Å². The molecule has 11 aromatic rings. The zero-order valence-electron chi connectivity index (χ0n) is 33.2. The van der Waals surface area contributed by atoms with Gasteiger partial charge in [-0.05, 0) is 69.8 Å². The van der Waals surface area contributed by atoms with Crippen molar-refractivity contribution in [1.82, 2.24) is 9.97 Å². The molecule has 3 nitrogen and oxygen atoms in total. The Morgan fingerprint density at radius 1 is 0.262 bits per heavy atom. The van der Waals surface area contributed by atoms with E-state index in [4.69, 9.17) is 14.4 Å². The fourth-order valence-electron chi connectivity index (χ4n) is 8.58. The molecule has 3 heteroatoms. The van der Waals surface area contributed by atoms with Crippen molar-refractivity contribution in [3.8, 4) is 89.5 Å². The van der Waals surface area contributed by atoms with E-state index in [1.54, 1.807) is 0 Å². The van der Waals surface area contributed by atoms with Crippen molar-refractivity contribution in [3.05, 3.63) is 231 Å². The Hall–Kier alpha value is -8.14. The van der Waals surface area contributed by atoms with Gasteiger partial charge in [-0.3, -0.25) is 0 Å². The normalized spacial score (nSPS) is 11.3. The molecule has 0 bridgehead atoms. The van der Waals surface area contributed by atoms with Crippen LogP contribution in [0.2, 0.25) is 0 Å². The lowest BCUT2D eigenvalue weighted by atomic mass is 9.88. The molecule has 286 valence electrons. The van der Waals surface area contributed by atoms with Crippen LogP contribution < -0.4 is 0 Å². The van der Waals surface area contributed by atoms with Crippen LogP contribution in [-0.4, -0.2) is 9.97 Å². The van der Waals surface area contributed by atoms with Crippen LogP contribution in [0.1, 0.15) is 0 Å². The molecule has 0 aliphatic carbocycles. The van der Waals surface area contributed by atoms with Gasteiger partial charge in [0.05, 0.1) is 22.8 Å². The smallest absolute Gasteiger partial charge is 0.135 e. The van der Waals surface area contributed by atoms with Gasteiger partial charge in [-0.1, -0.05) is 194 Å². The fraction of sp³-hybridized carbons (Fsp3) is 0. The first kappa shape index (κ1) is 36.0. The van der Waals surface area contributed by atoms with Crippen LogP contribution in [0.3, 0.4) is 0 Å². The minimum absolute atomic E-state index is 0.830. The number of furan rings is 1. The Kier molecular flexibility index (Phi) is 9.18. The number of fused-ring (bicyclic) bond motifs is 3. The lowest BCUT2D eigenvalue weighted by molar-refractivity contribution is 0.669. The summed E-state index contributed by atoms with van der Waals surface area (Å²) >= 11 is 0. The molecule has 0 aliphatic rings. The quantitative estimate of drug-likeness (QED) is 0.154. The average molecular weight is 779 g/mol. The fourth-order valence-corrected chi connectivity index (χ4v) is 8.58. The van der Waals surface area contributed by atoms with E-state index in [1.807, 2.05) is 12.1 Å². The van der Waals surface area contributed by atoms with Crippen molar-refractivity contribution in [2.75, 3.05) is 0 Å². The van der Waals surface area contributed by atoms with Crippen LogP contribution in [-0.2, 0) is 0 Å². The van der Waals surface area contributed by atoms with Crippen LogP contribution in [0.4, 0.5) is 0 Å². The lowest BCUT2D eigenvalue weighted by Gasteiger charge is -2.18. The lowest BCUT2D eigenvalue weighted by Crippen LogP contribution is -1.97. The molecule has 0 fully saturated rings. The molecule has 0 unspecified atom stereocenters. The molecule has 3 heterocycles. The van der Waals surface area contributed by atoms with Gasteiger partial charge < -0.3 is 4.42 Å².